The number of nitrogens with two attached hydrogens (primary N) is 1. The summed E-state index contributed by atoms with van der Waals surface area (Å²) in [7, 11) is 0. The molecule has 86 valence electrons. The lowest BCUT2D eigenvalue weighted by Crippen LogP contribution is -2.01. The van der Waals surface area contributed by atoms with Crippen LogP contribution in [0.1, 0.15) is 30.0 Å². The van der Waals surface area contributed by atoms with Crippen molar-refractivity contribution in [3.63, 3.8) is 0 Å². The summed E-state index contributed by atoms with van der Waals surface area (Å²) in [6.45, 7) is 0.521. The van der Waals surface area contributed by atoms with Crippen molar-refractivity contribution >= 4 is 0 Å². The van der Waals surface area contributed by atoms with E-state index in [4.69, 9.17) is 5.73 Å². The minimum absolute atomic E-state index is 0.521. The Kier molecular flexibility index (Phi) is 2.61. The van der Waals surface area contributed by atoms with Crippen LogP contribution in [0.2, 0.25) is 0 Å². The van der Waals surface area contributed by atoms with Gasteiger partial charge >= 0.3 is 0 Å². The Hall–Kier alpha value is -1.74. The van der Waals surface area contributed by atoms with Crippen molar-refractivity contribution in [2.45, 2.75) is 25.3 Å². The fraction of sp³-hybridized carbons (Fsp3) is 0.286. The summed E-state index contributed by atoms with van der Waals surface area (Å²) in [6.07, 6.45) is 4.37. The number of rotatable bonds is 3. The highest BCUT2D eigenvalue weighted by molar-refractivity contribution is 5.60. The fourth-order valence-corrected chi connectivity index (χ4v) is 2.03. The zero-order chi connectivity index (χ0) is 11.7. The normalized spacial score (nSPS) is 14.9. The summed E-state index contributed by atoms with van der Waals surface area (Å²) >= 11 is 0. The molecule has 1 heterocycles. The summed E-state index contributed by atoms with van der Waals surface area (Å²) < 4.78 is 0. The first-order valence-electron chi connectivity index (χ1n) is 6.00. The zero-order valence-electron chi connectivity index (χ0n) is 9.63. The Balaban J connectivity index is 2.04. The fourth-order valence-electron chi connectivity index (χ4n) is 2.03. The Morgan fingerprint density at radius 2 is 2.00 bits per heavy atom. The molecule has 1 aliphatic carbocycles. The van der Waals surface area contributed by atoms with E-state index < -0.39 is 0 Å². The maximum Gasteiger partial charge on any atom is 0.159 e. The van der Waals surface area contributed by atoms with Gasteiger partial charge in [0.05, 0.1) is 0 Å². The van der Waals surface area contributed by atoms with Crippen LogP contribution in [-0.2, 0) is 6.54 Å². The van der Waals surface area contributed by atoms with Gasteiger partial charge in [0.2, 0.25) is 0 Å². The van der Waals surface area contributed by atoms with E-state index in [9.17, 15) is 0 Å². The number of hydrogen-bond acceptors (Lipinski definition) is 3. The molecule has 2 aromatic rings. The van der Waals surface area contributed by atoms with Crippen molar-refractivity contribution in [1.29, 1.82) is 0 Å². The molecule has 1 saturated carbocycles. The summed E-state index contributed by atoms with van der Waals surface area (Å²) in [4.78, 5) is 9.01. The van der Waals surface area contributed by atoms with Gasteiger partial charge in [-0.05, 0) is 24.5 Å². The first kappa shape index (κ1) is 10.4. The highest BCUT2D eigenvalue weighted by atomic mass is 14.9. The molecule has 1 aromatic heterocycles. The molecule has 3 rings (SSSR count). The molecular weight excluding hydrogens is 210 g/mol. The van der Waals surface area contributed by atoms with E-state index in [2.05, 4.69) is 9.97 Å². The van der Waals surface area contributed by atoms with Crippen molar-refractivity contribution in [2.24, 2.45) is 5.73 Å². The van der Waals surface area contributed by atoms with Crippen LogP contribution < -0.4 is 5.73 Å². The van der Waals surface area contributed by atoms with E-state index in [1.165, 1.54) is 18.5 Å². The molecule has 1 fully saturated rings. The second-order valence-electron chi connectivity index (χ2n) is 4.44. The minimum Gasteiger partial charge on any atom is -0.326 e. The Labute approximate surface area is 101 Å². The van der Waals surface area contributed by atoms with E-state index in [-0.39, 0.29) is 0 Å². The van der Waals surface area contributed by atoms with Gasteiger partial charge in [0.15, 0.2) is 5.82 Å². The predicted octanol–water partition coefficient (Wildman–Crippen LogP) is 2.48. The second kappa shape index (κ2) is 4.26. The van der Waals surface area contributed by atoms with Gasteiger partial charge in [-0.3, -0.25) is 0 Å². The van der Waals surface area contributed by atoms with Crippen LogP contribution in [-0.4, -0.2) is 9.97 Å². The van der Waals surface area contributed by atoms with E-state index in [1.54, 1.807) is 0 Å². The Morgan fingerprint density at radius 3 is 2.76 bits per heavy atom. The van der Waals surface area contributed by atoms with E-state index in [0.29, 0.717) is 12.5 Å². The molecule has 2 N–H and O–H groups in total. The topological polar surface area (TPSA) is 51.8 Å². The standard InChI is InChI=1S/C14H15N3/c15-9-11-3-1-2-4-12(11)14-16-8-7-13(17-14)10-5-6-10/h1-4,7-8,10H,5-6,9,15H2. The third-order valence-corrected chi connectivity index (χ3v) is 3.15. The van der Waals surface area contributed by atoms with Crippen LogP contribution in [0.5, 0.6) is 0 Å². The van der Waals surface area contributed by atoms with Gasteiger partial charge in [-0.2, -0.15) is 0 Å². The largest absolute Gasteiger partial charge is 0.326 e. The van der Waals surface area contributed by atoms with Crippen LogP contribution in [0.3, 0.4) is 0 Å². The van der Waals surface area contributed by atoms with Crippen LogP contribution in [0.4, 0.5) is 0 Å². The lowest BCUT2D eigenvalue weighted by molar-refractivity contribution is 0.986. The van der Waals surface area contributed by atoms with Gasteiger partial charge in [-0.25, -0.2) is 9.97 Å². The van der Waals surface area contributed by atoms with E-state index in [1.807, 2.05) is 36.5 Å². The van der Waals surface area contributed by atoms with Gasteiger partial charge < -0.3 is 5.73 Å². The third-order valence-electron chi connectivity index (χ3n) is 3.15. The second-order valence-corrected chi connectivity index (χ2v) is 4.44. The maximum atomic E-state index is 5.74. The molecule has 0 aliphatic heterocycles. The first-order chi connectivity index (χ1) is 8.38. The molecule has 0 unspecified atom stereocenters. The van der Waals surface area contributed by atoms with Gasteiger partial charge in [-0.1, -0.05) is 24.3 Å². The highest BCUT2D eigenvalue weighted by Crippen LogP contribution is 2.39. The molecule has 0 radical (unpaired) electrons. The number of benzene rings is 1. The average Bonchev–Trinajstić information content (AvgIpc) is 3.23. The Bertz CT molecular complexity index is 532. The monoisotopic (exact) mass is 225 g/mol. The SMILES string of the molecule is NCc1ccccc1-c1nccc(C2CC2)n1. The minimum atomic E-state index is 0.521. The number of aromatic nitrogens is 2. The van der Waals surface area contributed by atoms with Gasteiger partial charge in [-0.15, -0.1) is 0 Å². The summed E-state index contributed by atoms with van der Waals surface area (Å²) in [6, 6.07) is 10.1. The van der Waals surface area contributed by atoms with Crippen LogP contribution in [0.15, 0.2) is 36.5 Å². The molecule has 1 aromatic carbocycles. The molecule has 0 atom stereocenters. The molecular formula is C14H15N3. The summed E-state index contributed by atoms with van der Waals surface area (Å²) in [5.41, 5.74) is 9.06. The van der Waals surface area contributed by atoms with Crippen molar-refractivity contribution < 1.29 is 0 Å². The molecule has 1 aliphatic rings. The molecule has 0 amide bonds. The van der Waals surface area contributed by atoms with Crippen molar-refractivity contribution in [3.8, 4) is 11.4 Å². The van der Waals surface area contributed by atoms with Crippen molar-refractivity contribution in [3.05, 3.63) is 47.8 Å². The maximum absolute atomic E-state index is 5.74. The molecule has 3 heteroatoms. The smallest absolute Gasteiger partial charge is 0.159 e. The third kappa shape index (κ3) is 2.06. The number of hydrogen-bond donors (Lipinski definition) is 1. The van der Waals surface area contributed by atoms with E-state index >= 15 is 0 Å². The lowest BCUT2D eigenvalue weighted by atomic mass is 10.1. The molecule has 17 heavy (non-hydrogen) atoms. The van der Waals surface area contributed by atoms with Gasteiger partial charge in [0.25, 0.3) is 0 Å². The molecule has 3 nitrogen and oxygen atoms in total. The average molecular weight is 225 g/mol. The summed E-state index contributed by atoms with van der Waals surface area (Å²) in [5.74, 6) is 1.46. The van der Waals surface area contributed by atoms with Crippen LogP contribution in [0.25, 0.3) is 11.4 Å². The van der Waals surface area contributed by atoms with E-state index in [0.717, 1.165) is 17.0 Å². The van der Waals surface area contributed by atoms with Gasteiger partial charge in [0, 0.05) is 29.9 Å². The zero-order valence-corrected chi connectivity index (χ0v) is 9.63. The van der Waals surface area contributed by atoms with Crippen LogP contribution in [0, 0.1) is 0 Å². The predicted molar refractivity (Wildman–Crippen MR) is 67.3 cm³/mol. The quantitative estimate of drug-likeness (QED) is 0.873. The van der Waals surface area contributed by atoms with Gasteiger partial charge in [0.1, 0.15) is 0 Å². The first-order valence-corrected chi connectivity index (χ1v) is 6.00. The summed E-state index contributed by atoms with van der Waals surface area (Å²) in [5, 5.41) is 0. The van der Waals surface area contributed by atoms with Crippen LogP contribution >= 0.6 is 0 Å². The molecule has 0 bridgehead atoms. The Morgan fingerprint density at radius 1 is 1.18 bits per heavy atom. The highest BCUT2D eigenvalue weighted by Gasteiger charge is 2.25. The lowest BCUT2D eigenvalue weighted by Gasteiger charge is -2.07. The van der Waals surface area contributed by atoms with Crippen molar-refractivity contribution in [2.75, 3.05) is 0 Å². The number of nitrogens with zero attached hydrogens (tertiary/aromatic N) is 2. The molecule has 0 spiro atoms. The van der Waals surface area contributed by atoms with Crippen molar-refractivity contribution in [1.82, 2.24) is 9.97 Å². The molecule has 0 saturated heterocycles.